The molecule has 0 saturated carbocycles. The van der Waals surface area contributed by atoms with E-state index >= 15 is 0 Å². The van der Waals surface area contributed by atoms with Crippen molar-refractivity contribution in [2.75, 3.05) is 31.0 Å². The van der Waals surface area contributed by atoms with Crippen LogP contribution in [-0.2, 0) is 9.47 Å². The molecule has 7 heteroatoms. The summed E-state index contributed by atoms with van der Waals surface area (Å²) in [5.74, 6) is -0.121. The second-order valence-electron chi connectivity index (χ2n) is 3.24. The van der Waals surface area contributed by atoms with E-state index in [4.69, 9.17) is 9.47 Å². The second-order valence-corrected chi connectivity index (χ2v) is 3.80. The van der Waals surface area contributed by atoms with E-state index in [1.54, 1.807) is 6.07 Å². The number of carbonyl (C=O) groups is 2. The number of anilines is 1. The zero-order valence-electron chi connectivity index (χ0n) is 9.81. The van der Waals surface area contributed by atoms with Crippen molar-refractivity contribution in [2.24, 2.45) is 0 Å². The van der Waals surface area contributed by atoms with Crippen molar-refractivity contribution in [3.8, 4) is 0 Å². The van der Waals surface area contributed by atoms with Gasteiger partial charge in [0.15, 0.2) is 5.78 Å². The molecule has 98 valence electrons. The van der Waals surface area contributed by atoms with Crippen LogP contribution in [0.2, 0.25) is 0 Å². The number of amides is 1. The Morgan fingerprint density at radius 1 is 1.39 bits per heavy atom. The highest BCUT2D eigenvalue weighted by atomic mass is 79.9. The van der Waals surface area contributed by atoms with Crippen molar-refractivity contribution in [3.63, 3.8) is 0 Å². The number of hydrogen-bond donors (Lipinski definition) is 1. The minimum absolute atomic E-state index is 0.121. The molecule has 0 aliphatic carbocycles. The maximum absolute atomic E-state index is 11.3. The second kappa shape index (κ2) is 7.78. The molecule has 0 spiro atoms. The Labute approximate surface area is 113 Å². The van der Waals surface area contributed by atoms with Gasteiger partial charge < -0.3 is 9.47 Å². The van der Waals surface area contributed by atoms with Crippen LogP contribution in [0.25, 0.3) is 0 Å². The molecule has 0 radical (unpaired) electrons. The Morgan fingerprint density at radius 3 is 2.72 bits per heavy atom. The van der Waals surface area contributed by atoms with Gasteiger partial charge in [-0.15, -0.1) is 0 Å². The van der Waals surface area contributed by atoms with Crippen molar-refractivity contribution in [2.45, 2.75) is 0 Å². The van der Waals surface area contributed by atoms with Crippen LogP contribution in [0, 0.1) is 0 Å². The number of halogens is 1. The third kappa shape index (κ3) is 4.80. The molecule has 1 aromatic heterocycles. The lowest BCUT2D eigenvalue weighted by molar-refractivity contribution is 0.101. The highest BCUT2D eigenvalue weighted by Crippen LogP contribution is 2.07. The first kappa shape index (κ1) is 14.6. The third-order valence-electron chi connectivity index (χ3n) is 1.94. The molecule has 0 aromatic carbocycles. The molecule has 6 nitrogen and oxygen atoms in total. The van der Waals surface area contributed by atoms with E-state index < -0.39 is 6.09 Å². The van der Waals surface area contributed by atoms with E-state index in [1.165, 1.54) is 19.4 Å². The number of nitrogens with zero attached hydrogens (tertiary/aromatic N) is 1. The average Bonchev–Trinajstić information content (AvgIpc) is 2.39. The zero-order chi connectivity index (χ0) is 13.4. The summed E-state index contributed by atoms with van der Waals surface area (Å²) in [4.78, 5) is 26.5. The van der Waals surface area contributed by atoms with E-state index in [2.05, 4.69) is 26.2 Å². The number of nitrogens with one attached hydrogen (secondary N) is 1. The molecular weight excluding hydrogens is 304 g/mol. The van der Waals surface area contributed by atoms with E-state index in [1.807, 2.05) is 0 Å². The van der Waals surface area contributed by atoms with Crippen LogP contribution in [-0.4, -0.2) is 42.5 Å². The van der Waals surface area contributed by atoms with Crippen molar-refractivity contribution in [1.29, 1.82) is 0 Å². The lowest BCUT2D eigenvalue weighted by atomic mass is 10.2. The van der Waals surface area contributed by atoms with Gasteiger partial charge in [-0.2, -0.15) is 0 Å². The number of ether oxygens (including phenoxy) is 2. The monoisotopic (exact) mass is 316 g/mol. The first-order chi connectivity index (χ1) is 8.67. The van der Waals surface area contributed by atoms with Crippen LogP contribution >= 0.6 is 15.9 Å². The van der Waals surface area contributed by atoms with Crippen LogP contribution in [0.3, 0.4) is 0 Å². The number of pyridine rings is 1. The quantitative estimate of drug-likeness (QED) is 0.492. The third-order valence-corrected chi connectivity index (χ3v) is 2.45. The van der Waals surface area contributed by atoms with Gasteiger partial charge in [-0.05, 0) is 12.1 Å². The summed E-state index contributed by atoms with van der Waals surface area (Å²) in [5, 5.41) is 2.70. The molecule has 0 saturated heterocycles. The Hall–Kier alpha value is -1.47. The Morgan fingerprint density at radius 2 is 2.17 bits per heavy atom. The van der Waals surface area contributed by atoms with Crippen molar-refractivity contribution >= 4 is 33.5 Å². The molecule has 0 atom stereocenters. The molecular formula is C11H13BrN2O4. The van der Waals surface area contributed by atoms with Gasteiger partial charge in [0, 0.05) is 7.11 Å². The molecule has 1 N–H and O–H groups in total. The number of aromatic nitrogens is 1. The summed E-state index contributed by atoms with van der Waals surface area (Å²) >= 11 is 3.05. The summed E-state index contributed by atoms with van der Waals surface area (Å²) < 4.78 is 9.55. The van der Waals surface area contributed by atoms with E-state index in [-0.39, 0.29) is 17.7 Å². The maximum Gasteiger partial charge on any atom is 0.411 e. The van der Waals surface area contributed by atoms with Crippen LogP contribution < -0.4 is 5.32 Å². The predicted octanol–water partition coefficient (Wildman–Crippen LogP) is 1.85. The number of rotatable bonds is 6. The summed E-state index contributed by atoms with van der Waals surface area (Å²) in [6.07, 6.45) is 0.807. The number of alkyl halides is 1. The van der Waals surface area contributed by atoms with E-state index in [9.17, 15) is 9.59 Å². The lowest BCUT2D eigenvalue weighted by Crippen LogP contribution is -2.16. The van der Waals surface area contributed by atoms with Gasteiger partial charge in [-0.25, -0.2) is 4.79 Å². The molecule has 1 rings (SSSR count). The molecule has 0 unspecified atom stereocenters. The summed E-state index contributed by atoms with van der Waals surface area (Å²) in [5.41, 5.74) is 0.800. The lowest BCUT2D eigenvalue weighted by Gasteiger charge is -2.06. The van der Waals surface area contributed by atoms with Crippen LogP contribution in [0.15, 0.2) is 18.3 Å². The van der Waals surface area contributed by atoms with Crippen molar-refractivity contribution in [3.05, 3.63) is 24.0 Å². The van der Waals surface area contributed by atoms with Gasteiger partial charge in [0.05, 0.1) is 23.8 Å². The molecule has 0 bridgehead atoms. The Kier molecular flexibility index (Phi) is 6.31. The minimum atomic E-state index is -0.589. The number of methoxy groups -OCH3 is 1. The largest absolute Gasteiger partial charge is 0.447 e. The van der Waals surface area contributed by atoms with Crippen LogP contribution in [0.5, 0.6) is 0 Å². The van der Waals surface area contributed by atoms with Crippen LogP contribution in [0.4, 0.5) is 10.5 Å². The molecule has 1 heterocycles. The number of ketones is 1. The highest BCUT2D eigenvalue weighted by molar-refractivity contribution is 9.09. The molecule has 0 aliphatic rings. The normalized spacial score (nSPS) is 9.89. The molecule has 0 fully saturated rings. The van der Waals surface area contributed by atoms with Gasteiger partial charge in [0.1, 0.15) is 12.3 Å². The SMILES string of the molecule is COCCOC(=O)Nc1ccc(C(=O)CBr)nc1. The van der Waals surface area contributed by atoms with Crippen molar-refractivity contribution < 1.29 is 19.1 Å². The first-order valence-electron chi connectivity index (χ1n) is 5.15. The minimum Gasteiger partial charge on any atom is -0.447 e. The van der Waals surface area contributed by atoms with Crippen molar-refractivity contribution in [1.82, 2.24) is 4.98 Å². The molecule has 0 aliphatic heterocycles. The molecule has 18 heavy (non-hydrogen) atoms. The number of carbonyl (C=O) groups excluding carboxylic acids is 2. The number of hydrogen-bond acceptors (Lipinski definition) is 5. The van der Waals surface area contributed by atoms with Gasteiger partial charge in [0.2, 0.25) is 0 Å². The van der Waals surface area contributed by atoms with E-state index in [0.29, 0.717) is 18.0 Å². The fourth-order valence-corrected chi connectivity index (χ4v) is 1.36. The summed E-state index contributed by atoms with van der Waals surface area (Å²) in [7, 11) is 1.52. The molecule has 1 aromatic rings. The summed E-state index contributed by atoms with van der Waals surface area (Å²) in [6, 6.07) is 3.12. The number of Topliss-reactive ketones (excluding diaryl/α,β-unsaturated/α-hetero) is 1. The van der Waals surface area contributed by atoms with Gasteiger partial charge in [-0.1, -0.05) is 15.9 Å². The standard InChI is InChI=1S/C11H13BrN2O4/c1-17-4-5-18-11(16)14-8-2-3-9(13-7-8)10(15)6-12/h2-3,7H,4-6H2,1H3,(H,14,16). The maximum atomic E-state index is 11.3. The highest BCUT2D eigenvalue weighted by Gasteiger charge is 2.07. The average molecular weight is 317 g/mol. The van der Waals surface area contributed by atoms with Crippen LogP contribution in [0.1, 0.15) is 10.5 Å². The Bertz CT molecular complexity index is 408. The fourth-order valence-electron chi connectivity index (χ4n) is 1.07. The Balaban J connectivity index is 2.48. The molecule has 1 amide bonds. The van der Waals surface area contributed by atoms with Gasteiger partial charge in [-0.3, -0.25) is 15.1 Å². The zero-order valence-corrected chi connectivity index (χ0v) is 11.4. The topological polar surface area (TPSA) is 77.5 Å². The van der Waals surface area contributed by atoms with Gasteiger partial charge >= 0.3 is 6.09 Å². The predicted molar refractivity (Wildman–Crippen MR) is 69.2 cm³/mol. The fraction of sp³-hybridized carbons (Fsp3) is 0.364. The summed E-state index contributed by atoms with van der Waals surface area (Å²) in [6.45, 7) is 0.514. The first-order valence-corrected chi connectivity index (χ1v) is 6.27. The smallest absolute Gasteiger partial charge is 0.411 e. The van der Waals surface area contributed by atoms with Gasteiger partial charge in [0.25, 0.3) is 0 Å². The van der Waals surface area contributed by atoms with E-state index in [0.717, 1.165) is 0 Å².